The number of amides is 1. The SMILES string of the molecule is COc1cc(C=C2O[C@@H](C)[C@H]3COC[C@@H](c4ccc(Cl)cc4)N3C2=O)ccc1-n1cc(C)[n+](COP(=O)([O-])O)c1. The van der Waals surface area contributed by atoms with Gasteiger partial charge in [-0.25, -0.2) is 4.57 Å². The van der Waals surface area contributed by atoms with E-state index in [1.165, 1.54) is 11.7 Å². The van der Waals surface area contributed by atoms with Crippen LogP contribution in [0, 0.1) is 6.92 Å². The molecule has 3 aromatic rings. The molecule has 0 radical (unpaired) electrons. The molecule has 4 atom stereocenters. The number of aromatic nitrogens is 2. The van der Waals surface area contributed by atoms with Crippen LogP contribution >= 0.6 is 19.4 Å². The molecule has 212 valence electrons. The van der Waals surface area contributed by atoms with Crippen LogP contribution in [0.1, 0.15) is 29.8 Å². The first-order valence-corrected chi connectivity index (χ1v) is 14.4. The fourth-order valence-corrected chi connectivity index (χ4v) is 5.34. The van der Waals surface area contributed by atoms with Crippen molar-refractivity contribution in [2.24, 2.45) is 0 Å². The molecule has 1 aromatic heterocycles. The number of imidazole rings is 1. The molecule has 2 fully saturated rings. The molecule has 11 nitrogen and oxygen atoms in total. The average Bonchev–Trinajstić information content (AvgIpc) is 3.30. The molecule has 0 spiro atoms. The van der Waals surface area contributed by atoms with Crippen molar-refractivity contribution in [3.8, 4) is 11.4 Å². The van der Waals surface area contributed by atoms with Crippen molar-refractivity contribution in [3.63, 3.8) is 0 Å². The summed E-state index contributed by atoms with van der Waals surface area (Å²) in [7, 11) is -3.33. The summed E-state index contributed by atoms with van der Waals surface area (Å²) in [6.45, 7) is 4.07. The summed E-state index contributed by atoms with van der Waals surface area (Å²) in [5.41, 5.74) is 2.98. The van der Waals surface area contributed by atoms with Crippen molar-refractivity contribution >= 4 is 31.4 Å². The number of fused-ring (bicyclic) bond motifs is 1. The predicted octanol–water partition coefficient (Wildman–Crippen LogP) is 2.90. The predicted molar refractivity (Wildman–Crippen MR) is 142 cm³/mol. The Balaban J connectivity index is 1.42. The first-order valence-electron chi connectivity index (χ1n) is 12.5. The highest BCUT2D eigenvalue weighted by molar-refractivity contribution is 7.44. The molecule has 2 aromatic carbocycles. The quantitative estimate of drug-likeness (QED) is 0.253. The van der Waals surface area contributed by atoms with Crippen LogP contribution in [0.25, 0.3) is 11.8 Å². The van der Waals surface area contributed by atoms with E-state index in [-0.39, 0.29) is 36.6 Å². The molecular weight excluding hydrogens is 561 g/mol. The molecule has 1 unspecified atom stereocenters. The van der Waals surface area contributed by atoms with Crippen molar-refractivity contribution in [1.82, 2.24) is 9.47 Å². The van der Waals surface area contributed by atoms with E-state index < -0.39 is 7.82 Å². The van der Waals surface area contributed by atoms with Crippen LogP contribution in [0.5, 0.6) is 5.75 Å². The molecule has 2 saturated heterocycles. The number of halogens is 1. The van der Waals surface area contributed by atoms with Gasteiger partial charge in [0.15, 0.2) is 23.9 Å². The summed E-state index contributed by atoms with van der Waals surface area (Å²) in [6.07, 6.45) is 4.78. The highest BCUT2D eigenvalue weighted by Gasteiger charge is 2.45. The average molecular weight is 590 g/mol. The van der Waals surface area contributed by atoms with Gasteiger partial charge in [0, 0.05) is 11.9 Å². The number of carbonyl (C=O) groups is 1. The minimum atomic E-state index is -4.86. The Morgan fingerprint density at radius 1 is 1.25 bits per heavy atom. The number of hydrogen-bond acceptors (Lipinski definition) is 7. The van der Waals surface area contributed by atoms with Crippen molar-refractivity contribution in [2.75, 3.05) is 20.3 Å². The fraction of sp³-hybridized carbons (Fsp3) is 0.333. The molecule has 5 rings (SSSR count). The van der Waals surface area contributed by atoms with E-state index in [4.69, 9.17) is 30.7 Å². The zero-order valence-electron chi connectivity index (χ0n) is 22.1. The Kier molecular flexibility index (Phi) is 8.05. The van der Waals surface area contributed by atoms with Crippen LogP contribution in [0.4, 0.5) is 0 Å². The number of methoxy groups -OCH3 is 1. The van der Waals surface area contributed by atoms with Gasteiger partial charge in [-0.15, -0.1) is 0 Å². The summed E-state index contributed by atoms with van der Waals surface area (Å²) < 4.78 is 36.3. The minimum absolute atomic E-state index is 0.220. The lowest BCUT2D eigenvalue weighted by molar-refractivity contribution is -0.731. The molecule has 0 bridgehead atoms. The minimum Gasteiger partial charge on any atom is -0.756 e. The van der Waals surface area contributed by atoms with Gasteiger partial charge in [-0.3, -0.25) is 13.9 Å². The molecule has 40 heavy (non-hydrogen) atoms. The summed E-state index contributed by atoms with van der Waals surface area (Å²) in [5.74, 6) is 0.502. The van der Waals surface area contributed by atoms with Gasteiger partial charge in [0.25, 0.3) is 20.1 Å². The van der Waals surface area contributed by atoms with Crippen molar-refractivity contribution in [2.45, 2.75) is 38.8 Å². The van der Waals surface area contributed by atoms with E-state index in [0.29, 0.717) is 40.9 Å². The molecule has 3 heterocycles. The molecule has 1 N–H and O–H groups in total. The maximum absolute atomic E-state index is 13.7. The van der Waals surface area contributed by atoms with E-state index in [9.17, 15) is 14.3 Å². The number of aryl methyl sites for hydroxylation is 1. The number of nitrogens with zero attached hydrogens (tertiary/aromatic N) is 3. The van der Waals surface area contributed by atoms with Gasteiger partial charge in [-0.1, -0.05) is 29.8 Å². The van der Waals surface area contributed by atoms with Crippen LogP contribution in [-0.4, -0.2) is 52.7 Å². The summed E-state index contributed by atoms with van der Waals surface area (Å²) in [6, 6.07) is 12.3. The van der Waals surface area contributed by atoms with Crippen molar-refractivity contribution in [1.29, 1.82) is 0 Å². The van der Waals surface area contributed by atoms with Gasteiger partial charge >= 0.3 is 0 Å². The maximum Gasteiger partial charge on any atom is 0.290 e. The number of phosphoric ester groups is 1. The Morgan fingerprint density at radius 3 is 2.70 bits per heavy atom. The molecule has 2 aliphatic heterocycles. The summed E-state index contributed by atoms with van der Waals surface area (Å²) in [4.78, 5) is 35.5. The third-order valence-electron chi connectivity index (χ3n) is 6.99. The first-order chi connectivity index (χ1) is 19.0. The molecule has 13 heteroatoms. The van der Waals surface area contributed by atoms with Crippen LogP contribution in [-0.2, 0) is 30.1 Å². The highest BCUT2D eigenvalue weighted by atomic mass is 35.5. The molecule has 1 amide bonds. The molecule has 0 saturated carbocycles. The number of hydrogen-bond donors (Lipinski definition) is 1. The van der Waals surface area contributed by atoms with Crippen molar-refractivity contribution < 1.29 is 42.4 Å². The number of rotatable bonds is 7. The lowest BCUT2D eigenvalue weighted by Crippen LogP contribution is -2.59. The van der Waals surface area contributed by atoms with E-state index >= 15 is 0 Å². The van der Waals surface area contributed by atoms with Crippen LogP contribution < -0.4 is 14.2 Å². The van der Waals surface area contributed by atoms with Gasteiger partial charge in [0.1, 0.15) is 18.0 Å². The maximum atomic E-state index is 13.7. The van der Waals surface area contributed by atoms with Gasteiger partial charge in [0.05, 0.1) is 32.4 Å². The van der Waals surface area contributed by atoms with Gasteiger partial charge < -0.3 is 28.9 Å². The van der Waals surface area contributed by atoms with Crippen LogP contribution in [0.15, 0.2) is 60.7 Å². The number of phosphoric acid groups is 1. The lowest BCUT2D eigenvalue weighted by atomic mass is 9.97. The van der Waals surface area contributed by atoms with Crippen molar-refractivity contribution in [3.05, 3.63) is 82.6 Å². The smallest absolute Gasteiger partial charge is 0.290 e. The van der Waals surface area contributed by atoms with Gasteiger partial charge in [-0.05, 0) is 48.4 Å². The van der Waals surface area contributed by atoms with Gasteiger partial charge in [0.2, 0.25) is 0 Å². The summed E-state index contributed by atoms with van der Waals surface area (Å²) >= 11 is 6.08. The standard InChI is InChI=1S/C27H29ClN3O8P/c1-17-12-29(15-30(17)16-38-40(33,34)35)22-9-4-19(10-25(22)36-3)11-26-27(32)31-23(18(2)39-26)13-37-14-24(31)20-5-7-21(28)8-6-20/h4-12,15,18,23-24H,13-14,16H2,1-3H3,(H-,33,34,35)/t18-,23+,24-/m0/s1. The van der Waals surface area contributed by atoms with E-state index in [2.05, 4.69) is 4.52 Å². The van der Waals surface area contributed by atoms with Crippen LogP contribution in [0.3, 0.4) is 0 Å². The summed E-state index contributed by atoms with van der Waals surface area (Å²) in [5, 5.41) is 0.619. The molecule has 2 aliphatic rings. The topological polar surface area (TPSA) is 126 Å². The lowest BCUT2D eigenvalue weighted by Gasteiger charge is -2.47. The monoisotopic (exact) mass is 589 g/mol. The third kappa shape index (κ3) is 5.95. The largest absolute Gasteiger partial charge is 0.756 e. The number of benzene rings is 2. The van der Waals surface area contributed by atoms with E-state index in [1.54, 1.807) is 48.3 Å². The second kappa shape index (κ2) is 11.4. The molecular formula is C27H29ClN3O8P. The van der Waals surface area contributed by atoms with E-state index in [0.717, 1.165) is 5.56 Å². The Morgan fingerprint density at radius 2 is 2.00 bits per heavy atom. The normalized spacial score (nSPS) is 23.4. The highest BCUT2D eigenvalue weighted by Crippen LogP contribution is 2.36. The second-order valence-electron chi connectivity index (χ2n) is 9.64. The fourth-order valence-electron chi connectivity index (χ4n) is 4.94. The number of ether oxygens (including phenoxy) is 3. The number of morpholine rings is 2. The van der Waals surface area contributed by atoms with E-state index in [1.807, 2.05) is 36.1 Å². The Labute approximate surface area is 236 Å². The van der Waals surface area contributed by atoms with Gasteiger partial charge in [-0.2, -0.15) is 4.57 Å². The Hall–Kier alpha value is -3.18. The Bertz CT molecular complexity index is 1490. The zero-order valence-corrected chi connectivity index (χ0v) is 23.7. The number of carbonyl (C=O) groups excluding carboxylic acids is 1. The third-order valence-corrected chi connectivity index (χ3v) is 7.69. The van der Waals surface area contributed by atoms with Crippen LogP contribution in [0.2, 0.25) is 5.02 Å². The zero-order chi connectivity index (χ0) is 28.6. The molecule has 0 aliphatic carbocycles. The second-order valence-corrected chi connectivity index (χ2v) is 11.3. The first kappa shape index (κ1) is 28.4.